The molecule has 1 fully saturated rings. The van der Waals surface area contributed by atoms with E-state index in [2.05, 4.69) is 18.8 Å². The number of halogens is 1. The quantitative estimate of drug-likeness (QED) is 0.154. The first kappa shape index (κ1) is 28.0. The highest BCUT2D eigenvalue weighted by atomic mass is 32.1. The van der Waals surface area contributed by atoms with Crippen molar-refractivity contribution in [3.05, 3.63) is 81.6 Å². The van der Waals surface area contributed by atoms with Crippen LogP contribution in [0.4, 0.5) is 9.52 Å². The maximum absolute atomic E-state index is 13.6. The number of amides is 1. The molecule has 1 amide bonds. The largest absolute Gasteiger partial charge is 0.507 e. The van der Waals surface area contributed by atoms with Crippen LogP contribution in [0.2, 0.25) is 0 Å². The van der Waals surface area contributed by atoms with Crippen molar-refractivity contribution >= 4 is 39.9 Å². The number of aryl methyl sites for hydroxylation is 1. The topological polar surface area (TPSA) is 106 Å². The number of thiazole rings is 1. The van der Waals surface area contributed by atoms with E-state index in [9.17, 15) is 23.9 Å². The van der Waals surface area contributed by atoms with Crippen LogP contribution in [0.25, 0.3) is 5.76 Å². The Morgan fingerprint density at radius 1 is 1.18 bits per heavy atom. The smallest absolute Gasteiger partial charge is 0.350 e. The summed E-state index contributed by atoms with van der Waals surface area (Å²) in [4.78, 5) is 45.1. The number of aromatic nitrogens is 1. The van der Waals surface area contributed by atoms with E-state index in [1.54, 1.807) is 38.1 Å². The van der Waals surface area contributed by atoms with E-state index in [0.29, 0.717) is 29.5 Å². The molecule has 204 valence electrons. The van der Waals surface area contributed by atoms with Crippen molar-refractivity contribution in [1.82, 2.24) is 4.98 Å². The Bertz CT molecular complexity index is 1430. The number of hydrogen-bond acceptors (Lipinski definition) is 8. The Hall–Kier alpha value is -4.05. The highest BCUT2D eigenvalue weighted by Crippen LogP contribution is 2.44. The van der Waals surface area contributed by atoms with E-state index in [0.717, 1.165) is 29.9 Å². The molecule has 3 aromatic rings. The SMILES string of the molecule is CCOC(=O)c1sc(N2C(=O)C(=O)/C(=C(/O)c3ccc(F)cc3)C2c2cccc(OCCC(C)C)c2)nc1C. The lowest BCUT2D eigenvalue weighted by Gasteiger charge is -2.23. The Morgan fingerprint density at radius 2 is 1.90 bits per heavy atom. The standard InChI is InChI=1S/C29H29FN2O6S/c1-5-37-28(36)26-17(4)31-29(39-26)32-23(19-7-6-8-21(15-19)38-14-13-16(2)3)22(25(34)27(32)35)24(33)18-9-11-20(30)12-10-18/h6-12,15-16,23,33H,5,13-14H2,1-4H3/b24-22+. The summed E-state index contributed by atoms with van der Waals surface area (Å²) in [5.41, 5.74) is 0.826. The number of aliphatic hydroxyl groups is 1. The van der Waals surface area contributed by atoms with Crippen LogP contribution < -0.4 is 9.64 Å². The highest BCUT2D eigenvalue weighted by Gasteiger charge is 2.48. The molecule has 1 atom stereocenters. The molecule has 2 aromatic carbocycles. The van der Waals surface area contributed by atoms with Crippen LogP contribution in [0.3, 0.4) is 0 Å². The Balaban J connectivity index is 1.85. The molecule has 0 spiro atoms. The number of carbonyl (C=O) groups is 3. The normalized spacial score (nSPS) is 16.7. The minimum Gasteiger partial charge on any atom is -0.507 e. The van der Waals surface area contributed by atoms with E-state index in [-0.39, 0.29) is 27.8 Å². The molecule has 1 unspecified atom stereocenters. The van der Waals surface area contributed by atoms with Gasteiger partial charge < -0.3 is 14.6 Å². The van der Waals surface area contributed by atoms with Gasteiger partial charge in [0.15, 0.2) is 5.13 Å². The van der Waals surface area contributed by atoms with Gasteiger partial charge in [-0.2, -0.15) is 0 Å². The average molecular weight is 553 g/mol. The van der Waals surface area contributed by atoms with Crippen LogP contribution in [-0.4, -0.2) is 41.0 Å². The molecule has 0 bridgehead atoms. The lowest BCUT2D eigenvalue weighted by atomic mass is 9.95. The van der Waals surface area contributed by atoms with Crippen LogP contribution in [0.5, 0.6) is 5.75 Å². The Kier molecular flexibility index (Phi) is 8.44. The molecule has 2 heterocycles. The number of esters is 1. The second-order valence-corrected chi connectivity index (χ2v) is 10.4. The lowest BCUT2D eigenvalue weighted by Crippen LogP contribution is -2.29. The lowest BCUT2D eigenvalue weighted by molar-refractivity contribution is -0.132. The minimum atomic E-state index is -1.08. The number of aliphatic hydroxyl groups excluding tert-OH is 1. The van der Waals surface area contributed by atoms with Crippen molar-refractivity contribution in [3.8, 4) is 5.75 Å². The van der Waals surface area contributed by atoms with Crippen molar-refractivity contribution in [3.63, 3.8) is 0 Å². The first-order valence-corrected chi connectivity index (χ1v) is 13.4. The van der Waals surface area contributed by atoms with Gasteiger partial charge in [-0.3, -0.25) is 14.5 Å². The molecular weight excluding hydrogens is 523 g/mol. The molecule has 1 saturated heterocycles. The zero-order valence-electron chi connectivity index (χ0n) is 22.1. The van der Waals surface area contributed by atoms with Crippen LogP contribution in [0, 0.1) is 18.7 Å². The van der Waals surface area contributed by atoms with Gasteiger partial charge in [-0.15, -0.1) is 0 Å². The molecule has 1 N–H and O–H groups in total. The third-order valence-electron chi connectivity index (χ3n) is 6.15. The second-order valence-electron chi connectivity index (χ2n) is 9.41. The van der Waals surface area contributed by atoms with Crippen LogP contribution >= 0.6 is 11.3 Å². The van der Waals surface area contributed by atoms with Gasteiger partial charge >= 0.3 is 11.9 Å². The summed E-state index contributed by atoms with van der Waals surface area (Å²) in [7, 11) is 0. The number of rotatable bonds is 9. The Morgan fingerprint density at radius 3 is 2.56 bits per heavy atom. The summed E-state index contributed by atoms with van der Waals surface area (Å²) in [6, 6.07) is 10.8. The molecule has 10 heteroatoms. The summed E-state index contributed by atoms with van der Waals surface area (Å²) in [5, 5.41) is 11.3. The fraction of sp³-hybridized carbons (Fsp3) is 0.310. The molecule has 8 nitrogen and oxygen atoms in total. The number of hydrogen-bond donors (Lipinski definition) is 1. The van der Waals surface area contributed by atoms with Crippen LogP contribution in [0.15, 0.2) is 54.1 Å². The highest BCUT2D eigenvalue weighted by molar-refractivity contribution is 7.17. The van der Waals surface area contributed by atoms with Crippen LogP contribution in [-0.2, 0) is 14.3 Å². The fourth-order valence-electron chi connectivity index (χ4n) is 4.17. The van der Waals surface area contributed by atoms with Gasteiger partial charge in [0.2, 0.25) is 0 Å². The number of benzene rings is 2. The molecular formula is C29H29FN2O6S. The van der Waals surface area contributed by atoms with E-state index in [1.165, 1.54) is 17.0 Å². The fourth-order valence-corrected chi connectivity index (χ4v) is 5.15. The van der Waals surface area contributed by atoms with E-state index in [4.69, 9.17) is 9.47 Å². The number of nitrogens with zero attached hydrogens (tertiary/aromatic N) is 2. The van der Waals surface area contributed by atoms with Crippen molar-refractivity contribution in [2.75, 3.05) is 18.1 Å². The molecule has 1 aliphatic rings. The molecule has 39 heavy (non-hydrogen) atoms. The average Bonchev–Trinajstić information content (AvgIpc) is 3.41. The minimum absolute atomic E-state index is 0.104. The summed E-state index contributed by atoms with van der Waals surface area (Å²) >= 11 is 0.924. The van der Waals surface area contributed by atoms with E-state index < -0.39 is 35.3 Å². The van der Waals surface area contributed by atoms with Gasteiger partial charge in [-0.25, -0.2) is 14.2 Å². The summed E-state index contributed by atoms with van der Waals surface area (Å²) in [6.07, 6.45) is 0.836. The maximum atomic E-state index is 13.6. The van der Waals surface area contributed by atoms with E-state index in [1.807, 2.05) is 0 Å². The molecule has 4 rings (SSSR count). The molecule has 0 radical (unpaired) electrons. The number of Topliss-reactive ketones (excluding diaryl/α,β-unsaturated/α-hetero) is 1. The summed E-state index contributed by atoms with van der Waals surface area (Å²) in [5.74, 6) is -2.43. The summed E-state index contributed by atoms with van der Waals surface area (Å²) < 4.78 is 24.6. The van der Waals surface area contributed by atoms with Gasteiger partial charge in [0, 0.05) is 5.56 Å². The summed E-state index contributed by atoms with van der Waals surface area (Å²) in [6.45, 7) is 8.11. The molecule has 1 aromatic heterocycles. The van der Waals surface area contributed by atoms with Crippen molar-refractivity contribution in [2.24, 2.45) is 5.92 Å². The monoisotopic (exact) mass is 552 g/mol. The number of anilines is 1. The second kappa shape index (κ2) is 11.8. The predicted octanol–water partition coefficient (Wildman–Crippen LogP) is 5.82. The van der Waals surface area contributed by atoms with Crippen molar-refractivity contribution in [2.45, 2.75) is 40.2 Å². The first-order valence-electron chi connectivity index (χ1n) is 12.6. The van der Waals surface area contributed by atoms with E-state index >= 15 is 0 Å². The number of ether oxygens (including phenoxy) is 2. The van der Waals surface area contributed by atoms with Crippen LogP contribution in [0.1, 0.15) is 59.7 Å². The molecule has 1 aliphatic heterocycles. The van der Waals surface area contributed by atoms with Gasteiger partial charge in [0.05, 0.1) is 30.5 Å². The van der Waals surface area contributed by atoms with Crippen molar-refractivity contribution in [1.29, 1.82) is 0 Å². The number of ketones is 1. The van der Waals surface area contributed by atoms with Gasteiger partial charge in [0.1, 0.15) is 22.2 Å². The zero-order chi connectivity index (χ0) is 28.3. The molecule has 0 saturated carbocycles. The predicted molar refractivity (Wildman–Crippen MR) is 145 cm³/mol. The number of carbonyl (C=O) groups excluding carboxylic acids is 3. The zero-order valence-corrected chi connectivity index (χ0v) is 22.9. The molecule has 0 aliphatic carbocycles. The van der Waals surface area contributed by atoms with Crippen molar-refractivity contribution < 1.29 is 33.4 Å². The maximum Gasteiger partial charge on any atom is 0.350 e. The Labute approximate surface area is 229 Å². The van der Waals surface area contributed by atoms with Gasteiger partial charge in [-0.05, 0) is 68.1 Å². The van der Waals surface area contributed by atoms with Gasteiger partial charge in [0.25, 0.3) is 5.78 Å². The third kappa shape index (κ3) is 5.85. The third-order valence-corrected chi connectivity index (χ3v) is 7.29. The van der Waals surface area contributed by atoms with Gasteiger partial charge in [-0.1, -0.05) is 37.3 Å². The first-order chi connectivity index (χ1) is 18.6.